The maximum atomic E-state index is 6.17. The first-order valence-corrected chi connectivity index (χ1v) is 22.7. The maximum absolute atomic E-state index is 6.17. The molecule has 306 valence electrons. The normalized spacial score (nSPS) is 20.2. The minimum absolute atomic E-state index is 0.129. The van der Waals surface area contributed by atoms with Crippen LogP contribution in [0.1, 0.15) is 207 Å². The quantitative estimate of drug-likeness (QED) is 0.0643. The minimum Gasteiger partial charge on any atom is -0.381 e. The molecule has 1 fully saturated rings. The van der Waals surface area contributed by atoms with E-state index in [0.29, 0.717) is 66.1 Å². The second-order valence-corrected chi connectivity index (χ2v) is 16.1. The first kappa shape index (κ1) is 48.8. The van der Waals surface area contributed by atoms with Gasteiger partial charge in [-0.25, -0.2) is 0 Å². The second-order valence-electron chi connectivity index (χ2n) is 16.1. The van der Waals surface area contributed by atoms with Crippen LogP contribution >= 0.6 is 0 Å². The average molecular weight is 727 g/mol. The van der Waals surface area contributed by atoms with Gasteiger partial charge in [-0.15, -0.1) is 0 Å². The highest BCUT2D eigenvalue weighted by Crippen LogP contribution is 2.20. The molecular formula is C45H90O6. The van der Waals surface area contributed by atoms with Gasteiger partial charge in [0.15, 0.2) is 0 Å². The van der Waals surface area contributed by atoms with Gasteiger partial charge in [0.05, 0.1) is 72.2 Å². The summed E-state index contributed by atoms with van der Waals surface area (Å²) in [5, 5.41) is 0. The lowest BCUT2D eigenvalue weighted by molar-refractivity contribution is -0.0910. The predicted octanol–water partition coefficient (Wildman–Crippen LogP) is 12.8. The SMILES string of the molecule is CCCCCCCCCCCCCCCCCCOCC1(C)COCCOCCOC(CCCCCCCCCCCCCC)COCCOC1. The van der Waals surface area contributed by atoms with E-state index in [9.17, 15) is 0 Å². The Kier molecular flexibility index (Phi) is 37.7. The van der Waals surface area contributed by atoms with E-state index in [1.807, 2.05) is 0 Å². The van der Waals surface area contributed by atoms with E-state index in [0.717, 1.165) is 19.4 Å². The van der Waals surface area contributed by atoms with Crippen molar-refractivity contribution in [3.05, 3.63) is 0 Å². The zero-order chi connectivity index (χ0) is 36.6. The highest BCUT2D eigenvalue weighted by Gasteiger charge is 2.26. The highest BCUT2D eigenvalue weighted by molar-refractivity contribution is 4.73. The summed E-state index contributed by atoms with van der Waals surface area (Å²) in [7, 11) is 0. The van der Waals surface area contributed by atoms with Gasteiger partial charge in [-0.2, -0.15) is 0 Å². The Morgan fingerprint density at radius 3 is 1.27 bits per heavy atom. The van der Waals surface area contributed by atoms with Crippen LogP contribution in [-0.4, -0.2) is 78.8 Å². The Labute approximate surface area is 318 Å². The first-order chi connectivity index (χ1) is 25.2. The molecule has 0 aromatic carbocycles. The van der Waals surface area contributed by atoms with Crippen molar-refractivity contribution in [3.63, 3.8) is 0 Å². The summed E-state index contributed by atoms with van der Waals surface area (Å²) in [6, 6.07) is 0. The Hall–Kier alpha value is -0.240. The molecule has 2 unspecified atom stereocenters. The minimum atomic E-state index is -0.174. The Morgan fingerprint density at radius 1 is 0.431 bits per heavy atom. The summed E-state index contributed by atoms with van der Waals surface area (Å²) in [6.45, 7) is 13.7. The van der Waals surface area contributed by atoms with Crippen LogP contribution in [-0.2, 0) is 28.4 Å². The summed E-state index contributed by atoms with van der Waals surface area (Å²) < 4.78 is 36.3. The number of hydrogen-bond donors (Lipinski definition) is 0. The van der Waals surface area contributed by atoms with Crippen molar-refractivity contribution in [1.82, 2.24) is 0 Å². The van der Waals surface area contributed by atoms with Crippen molar-refractivity contribution in [2.45, 2.75) is 213 Å². The molecule has 51 heavy (non-hydrogen) atoms. The summed E-state index contributed by atoms with van der Waals surface area (Å²) >= 11 is 0. The van der Waals surface area contributed by atoms with Gasteiger partial charge in [0.2, 0.25) is 0 Å². The molecule has 1 aliphatic heterocycles. The fourth-order valence-electron chi connectivity index (χ4n) is 7.09. The smallest absolute Gasteiger partial charge is 0.0809 e. The lowest BCUT2D eigenvalue weighted by Crippen LogP contribution is -2.35. The summed E-state index contributed by atoms with van der Waals surface area (Å²) in [5.74, 6) is 0. The van der Waals surface area contributed by atoms with E-state index < -0.39 is 0 Å². The number of rotatable bonds is 32. The monoisotopic (exact) mass is 727 g/mol. The molecule has 0 aliphatic carbocycles. The van der Waals surface area contributed by atoms with Gasteiger partial charge in [-0.3, -0.25) is 0 Å². The van der Waals surface area contributed by atoms with Crippen LogP contribution in [0.5, 0.6) is 0 Å². The highest BCUT2D eigenvalue weighted by atomic mass is 16.6. The first-order valence-electron chi connectivity index (χ1n) is 22.7. The third kappa shape index (κ3) is 35.2. The van der Waals surface area contributed by atoms with E-state index in [2.05, 4.69) is 20.8 Å². The second kappa shape index (κ2) is 39.5. The molecule has 0 saturated carbocycles. The molecule has 1 aliphatic rings. The lowest BCUT2D eigenvalue weighted by atomic mass is 9.94. The van der Waals surface area contributed by atoms with Gasteiger partial charge in [0, 0.05) is 12.0 Å². The van der Waals surface area contributed by atoms with Crippen LogP contribution in [0.3, 0.4) is 0 Å². The van der Waals surface area contributed by atoms with E-state index >= 15 is 0 Å². The largest absolute Gasteiger partial charge is 0.381 e. The van der Waals surface area contributed by atoms with Crippen molar-refractivity contribution in [1.29, 1.82) is 0 Å². The van der Waals surface area contributed by atoms with E-state index in [-0.39, 0.29) is 11.5 Å². The fourth-order valence-corrected chi connectivity index (χ4v) is 7.09. The molecule has 0 amide bonds. The van der Waals surface area contributed by atoms with Crippen molar-refractivity contribution >= 4 is 0 Å². The van der Waals surface area contributed by atoms with Crippen LogP contribution in [0, 0.1) is 5.41 Å². The molecule has 0 bridgehead atoms. The molecule has 0 aromatic heterocycles. The lowest BCUT2D eigenvalue weighted by Gasteiger charge is -2.29. The van der Waals surface area contributed by atoms with Crippen LogP contribution in [0.15, 0.2) is 0 Å². The Balaban J connectivity index is 2.09. The topological polar surface area (TPSA) is 55.4 Å². The molecule has 1 rings (SSSR count). The van der Waals surface area contributed by atoms with Crippen LogP contribution in [0.4, 0.5) is 0 Å². The molecule has 0 spiro atoms. The third-order valence-electron chi connectivity index (χ3n) is 10.5. The molecule has 6 heteroatoms. The number of unbranched alkanes of at least 4 members (excludes halogenated alkanes) is 26. The van der Waals surface area contributed by atoms with Gasteiger partial charge in [-0.05, 0) is 12.8 Å². The standard InChI is InChI=1S/C45H90O6/c1-4-6-8-10-12-14-16-18-19-20-21-23-25-27-29-31-33-48-41-45(3)42-49-36-34-46-38-39-51-44(40-47-35-37-50-43-45)32-30-28-26-24-22-17-15-13-11-9-7-5-2/h44H,4-43H2,1-3H3. The van der Waals surface area contributed by atoms with Crippen LogP contribution in [0.2, 0.25) is 0 Å². The molecule has 2 atom stereocenters. The molecule has 0 radical (unpaired) electrons. The summed E-state index contributed by atoms with van der Waals surface area (Å²) in [4.78, 5) is 0. The molecule has 0 aromatic rings. The van der Waals surface area contributed by atoms with Crippen LogP contribution in [0.25, 0.3) is 0 Å². The van der Waals surface area contributed by atoms with Crippen molar-refractivity contribution < 1.29 is 28.4 Å². The molecular weight excluding hydrogens is 636 g/mol. The fraction of sp³-hybridized carbons (Fsp3) is 1.00. The van der Waals surface area contributed by atoms with Gasteiger partial charge >= 0.3 is 0 Å². The number of hydrogen-bond acceptors (Lipinski definition) is 6. The third-order valence-corrected chi connectivity index (χ3v) is 10.5. The van der Waals surface area contributed by atoms with Crippen molar-refractivity contribution in [2.24, 2.45) is 5.41 Å². The van der Waals surface area contributed by atoms with E-state index in [4.69, 9.17) is 28.4 Å². The summed E-state index contributed by atoms with van der Waals surface area (Å²) in [6.07, 6.45) is 39.8. The zero-order valence-electron chi connectivity index (χ0n) is 34.8. The molecule has 1 saturated heterocycles. The molecule has 1 heterocycles. The predicted molar refractivity (Wildman–Crippen MR) is 217 cm³/mol. The maximum Gasteiger partial charge on any atom is 0.0809 e. The van der Waals surface area contributed by atoms with Crippen molar-refractivity contribution in [2.75, 3.05) is 72.7 Å². The van der Waals surface area contributed by atoms with Gasteiger partial charge in [-0.1, -0.05) is 194 Å². The van der Waals surface area contributed by atoms with Gasteiger partial charge < -0.3 is 28.4 Å². The zero-order valence-corrected chi connectivity index (χ0v) is 34.8. The van der Waals surface area contributed by atoms with Crippen LogP contribution < -0.4 is 0 Å². The average Bonchev–Trinajstić information content (AvgIpc) is 3.13. The van der Waals surface area contributed by atoms with Gasteiger partial charge in [0.25, 0.3) is 0 Å². The number of ether oxygens (including phenoxy) is 6. The Bertz CT molecular complexity index is 663. The van der Waals surface area contributed by atoms with Crippen molar-refractivity contribution in [3.8, 4) is 0 Å². The summed E-state index contributed by atoms with van der Waals surface area (Å²) in [5.41, 5.74) is -0.174. The molecule has 6 nitrogen and oxygen atoms in total. The molecule has 0 N–H and O–H groups in total. The Morgan fingerprint density at radius 2 is 0.804 bits per heavy atom. The van der Waals surface area contributed by atoms with Gasteiger partial charge in [0.1, 0.15) is 0 Å². The van der Waals surface area contributed by atoms with E-state index in [1.165, 1.54) is 173 Å². The van der Waals surface area contributed by atoms with E-state index in [1.54, 1.807) is 0 Å².